The summed E-state index contributed by atoms with van der Waals surface area (Å²) in [6.07, 6.45) is 1.93. The largest absolute Gasteiger partial charge is 0.465 e. The van der Waals surface area contributed by atoms with Crippen molar-refractivity contribution in [2.75, 3.05) is 24.5 Å². The molecule has 9 heteroatoms. The van der Waals surface area contributed by atoms with Crippen molar-refractivity contribution in [2.24, 2.45) is 5.92 Å². The Balaban J connectivity index is 1.56. The fourth-order valence-electron chi connectivity index (χ4n) is 3.80. The third kappa shape index (κ3) is 3.44. The molecule has 2 aromatic rings. The van der Waals surface area contributed by atoms with Gasteiger partial charge in [-0.3, -0.25) is 15.0 Å². The number of carboxylic acid groups (broad SMARTS) is 1. The molecule has 2 aliphatic heterocycles. The van der Waals surface area contributed by atoms with Crippen LogP contribution < -0.4 is 10.2 Å². The van der Waals surface area contributed by atoms with E-state index in [-0.39, 0.29) is 24.8 Å². The van der Waals surface area contributed by atoms with Gasteiger partial charge in [-0.05, 0) is 42.9 Å². The van der Waals surface area contributed by atoms with Crippen LogP contribution in [-0.2, 0) is 11.2 Å². The highest BCUT2D eigenvalue weighted by Gasteiger charge is 2.28. The van der Waals surface area contributed by atoms with Gasteiger partial charge in [-0.15, -0.1) is 0 Å². The summed E-state index contributed by atoms with van der Waals surface area (Å²) < 4.78 is 5.33. The summed E-state index contributed by atoms with van der Waals surface area (Å²) in [5.74, 6) is 0.351. The van der Waals surface area contributed by atoms with Crippen molar-refractivity contribution in [3.63, 3.8) is 0 Å². The first-order chi connectivity index (χ1) is 13.0. The van der Waals surface area contributed by atoms with Gasteiger partial charge >= 0.3 is 12.1 Å². The standard InChI is InChI=1S/C18H20N4O5/c23-15-5-7-22(17(24)19-15)16-13-9-11(3-4-14(13)27-20-16)8-12-2-1-6-21(10-12)18(25)26/h3-4,9,12H,1-2,5-8,10H2,(H,25,26)(H,19,23,24). The maximum absolute atomic E-state index is 12.1. The molecule has 2 fully saturated rings. The number of piperidine rings is 1. The molecule has 4 amide bonds. The van der Waals surface area contributed by atoms with Crippen LogP contribution in [0.1, 0.15) is 24.8 Å². The van der Waals surface area contributed by atoms with E-state index in [4.69, 9.17) is 4.52 Å². The van der Waals surface area contributed by atoms with Crippen LogP contribution in [0.2, 0.25) is 0 Å². The van der Waals surface area contributed by atoms with Crippen LogP contribution >= 0.6 is 0 Å². The van der Waals surface area contributed by atoms with Crippen LogP contribution in [-0.4, -0.2) is 52.8 Å². The maximum Gasteiger partial charge on any atom is 0.407 e. The fraction of sp³-hybridized carbons (Fsp3) is 0.444. The highest BCUT2D eigenvalue weighted by Crippen LogP contribution is 2.30. The van der Waals surface area contributed by atoms with Crippen molar-refractivity contribution in [1.29, 1.82) is 0 Å². The van der Waals surface area contributed by atoms with Crippen molar-refractivity contribution in [3.05, 3.63) is 23.8 Å². The number of nitrogens with zero attached hydrogens (tertiary/aromatic N) is 3. The lowest BCUT2D eigenvalue weighted by Crippen LogP contribution is -2.49. The number of rotatable bonds is 3. The first-order valence-electron chi connectivity index (χ1n) is 8.99. The minimum Gasteiger partial charge on any atom is -0.465 e. The number of hydrogen-bond donors (Lipinski definition) is 2. The summed E-state index contributed by atoms with van der Waals surface area (Å²) in [4.78, 5) is 37.5. The molecule has 1 unspecified atom stereocenters. The Bertz CT molecular complexity index is 908. The number of nitrogens with one attached hydrogen (secondary N) is 1. The van der Waals surface area contributed by atoms with E-state index in [0.717, 1.165) is 24.8 Å². The van der Waals surface area contributed by atoms with Crippen LogP contribution in [0.4, 0.5) is 15.4 Å². The van der Waals surface area contributed by atoms with Crippen LogP contribution in [0.25, 0.3) is 11.0 Å². The zero-order valence-corrected chi connectivity index (χ0v) is 14.7. The van der Waals surface area contributed by atoms with E-state index in [2.05, 4.69) is 10.5 Å². The number of hydrogen-bond acceptors (Lipinski definition) is 5. The van der Waals surface area contributed by atoms with E-state index in [1.165, 1.54) is 9.80 Å². The number of carbonyl (C=O) groups is 3. The second kappa shape index (κ2) is 6.90. The zero-order valence-electron chi connectivity index (χ0n) is 14.7. The molecule has 2 saturated heterocycles. The number of amides is 4. The van der Waals surface area contributed by atoms with E-state index in [9.17, 15) is 19.5 Å². The average molecular weight is 372 g/mol. The number of benzene rings is 1. The number of aromatic nitrogens is 1. The summed E-state index contributed by atoms with van der Waals surface area (Å²) in [6.45, 7) is 1.37. The highest BCUT2D eigenvalue weighted by molar-refractivity contribution is 6.08. The van der Waals surface area contributed by atoms with Gasteiger partial charge in [0.25, 0.3) is 0 Å². The van der Waals surface area contributed by atoms with Gasteiger partial charge in [0.1, 0.15) is 0 Å². The number of fused-ring (bicyclic) bond motifs is 1. The third-order valence-electron chi connectivity index (χ3n) is 5.14. The molecular formula is C18H20N4O5. The minimum absolute atomic E-state index is 0.215. The molecule has 1 aromatic heterocycles. The molecular weight excluding hydrogens is 352 g/mol. The number of anilines is 1. The zero-order chi connectivity index (χ0) is 19.0. The molecule has 2 aliphatic rings. The molecule has 27 heavy (non-hydrogen) atoms. The lowest BCUT2D eigenvalue weighted by molar-refractivity contribution is -0.120. The molecule has 1 atom stereocenters. The Morgan fingerprint density at radius 2 is 2.19 bits per heavy atom. The molecule has 142 valence electrons. The summed E-state index contributed by atoms with van der Waals surface area (Å²) in [5, 5.41) is 16.2. The number of likely N-dealkylation sites (tertiary alicyclic amines) is 1. The average Bonchev–Trinajstić information content (AvgIpc) is 3.05. The first kappa shape index (κ1) is 17.3. The molecule has 0 radical (unpaired) electrons. The number of imide groups is 1. The minimum atomic E-state index is -0.873. The van der Waals surface area contributed by atoms with Gasteiger partial charge in [0.05, 0.1) is 5.39 Å². The molecule has 0 bridgehead atoms. The first-order valence-corrected chi connectivity index (χ1v) is 8.99. The molecule has 1 aromatic carbocycles. The van der Waals surface area contributed by atoms with Crippen molar-refractivity contribution >= 4 is 34.8 Å². The van der Waals surface area contributed by atoms with E-state index in [0.29, 0.717) is 29.9 Å². The van der Waals surface area contributed by atoms with E-state index < -0.39 is 12.1 Å². The molecule has 0 saturated carbocycles. The van der Waals surface area contributed by atoms with Crippen LogP contribution in [0.3, 0.4) is 0 Å². The maximum atomic E-state index is 12.1. The molecule has 3 heterocycles. The third-order valence-corrected chi connectivity index (χ3v) is 5.14. The van der Waals surface area contributed by atoms with Crippen LogP contribution in [0, 0.1) is 5.92 Å². The topological polar surface area (TPSA) is 116 Å². The predicted molar refractivity (Wildman–Crippen MR) is 95.5 cm³/mol. The Morgan fingerprint density at radius 3 is 2.96 bits per heavy atom. The van der Waals surface area contributed by atoms with Crippen molar-refractivity contribution in [3.8, 4) is 0 Å². The van der Waals surface area contributed by atoms with Gasteiger partial charge in [-0.25, -0.2) is 9.59 Å². The van der Waals surface area contributed by atoms with Crippen LogP contribution in [0.15, 0.2) is 22.7 Å². The lowest BCUT2D eigenvalue weighted by atomic mass is 9.91. The molecule has 9 nitrogen and oxygen atoms in total. The normalized spacial score (nSPS) is 20.8. The molecule has 2 N–H and O–H groups in total. The van der Waals surface area contributed by atoms with E-state index in [1.807, 2.05) is 18.2 Å². The molecule has 0 aliphatic carbocycles. The fourth-order valence-corrected chi connectivity index (χ4v) is 3.80. The summed E-state index contributed by atoms with van der Waals surface area (Å²) in [7, 11) is 0. The quantitative estimate of drug-likeness (QED) is 0.853. The van der Waals surface area contributed by atoms with Gasteiger partial charge in [-0.1, -0.05) is 11.2 Å². The second-order valence-electron chi connectivity index (χ2n) is 7.03. The Kier molecular flexibility index (Phi) is 4.43. The summed E-state index contributed by atoms with van der Waals surface area (Å²) in [6, 6.07) is 5.18. The smallest absolute Gasteiger partial charge is 0.407 e. The van der Waals surface area contributed by atoms with E-state index in [1.54, 1.807) is 0 Å². The van der Waals surface area contributed by atoms with Gasteiger partial charge in [-0.2, -0.15) is 0 Å². The number of urea groups is 1. The summed E-state index contributed by atoms with van der Waals surface area (Å²) >= 11 is 0. The Hall–Kier alpha value is -3.10. The summed E-state index contributed by atoms with van der Waals surface area (Å²) in [5.41, 5.74) is 1.60. The van der Waals surface area contributed by atoms with Gasteiger partial charge in [0.2, 0.25) is 5.91 Å². The Labute approximate surface area is 154 Å². The van der Waals surface area contributed by atoms with E-state index >= 15 is 0 Å². The van der Waals surface area contributed by atoms with Crippen molar-refractivity contribution in [1.82, 2.24) is 15.4 Å². The second-order valence-corrected chi connectivity index (χ2v) is 7.03. The van der Waals surface area contributed by atoms with Crippen LogP contribution in [0.5, 0.6) is 0 Å². The predicted octanol–water partition coefficient (Wildman–Crippen LogP) is 2.21. The Morgan fingerprint density at radius 1 is 1.33 bits per heavy atom. The molecule has 0 spiro atoms. The van der Waals surface area contributed by atoms with Crippen molar-refractivity contribution < 1.29 is 24.0 Å². The van der Waals surface area contributed by atoms with Gasteiger partial charge < -0.3 is 14.5 Å². The lowest BCUT2D eigenvalue weighted by Gasteiger charge is -2.30. The monoisotopic (exact) mass is 372 g/mol. The van der Waals surface area contributed by atoms with Gasteiger partial charge in [0, 0.05) is 26.1 Å². The molecule has 4 rings (SSSR count). The SMILES string of the molecule is O=C1CCN(c2noc3ccc(CC4CCCN(C(=O)O)C4)cc23)C(=O)N1. The highest BCUT2D eigenvalue weighted by atomic mass is 16.5. The van der Waals surface area contributed by atoms with Gasteiger partial charge in [0.15, 0.2) is 11.4 Å². The van der Waals surface area contributed by atoms with Crippen molar-refractivity contribution in [2.45, 2.75) is 25.7 Å². The number of carbonyl (C=O) groups excluding carboxylic acids is 2.